The van der Waals surface area contributed by atoms with Gasteiger partial charge in [-0.25, -0.2) is 0 Å². The van der Waals surface area contributed by atoms with Crippen LogP contribution in [-0.4, -0.2) is 74.7 Å². The lowest BCUT2D eigenvalue weighted by molar-refractivity contribution is -0.135. The van der Waals surface area contributed by atoms with Crippen LogP contribution in [0.15, 0.2) is 0 Å². The van der Waals surface area contributed by atoms with Gasteiger partial charge >= 0.3 is 0 Å². The molecule has 20 heavy (non-hydrogen) atoms. The molecule has 116 valence electrons. The minimum atomic E-state index is 0.0764. The zero-order valence-corrected chi connectivity index (χ0v) is 12.9. The summed E-state index contributed by atoms with van der Waals surface area (Å²) < 4.78 is 5.91. The summed E-state index contributed by atoms with van der Waals surface area (Å²) in [5.74, 6) is 0.300. The normalized spacial score (nSPS) is 24.6. The van der Waals surface area contributed by atoms with Crippen LogP contribution in [0.1, 0.15) is 32.1 Å². The van der Waals surface area contributed by atoms with Gasteiger partial charge in [0.15, 0.2) is 0 Å². The average molecular weight is 283 g/mol. The molecule has 0 radical (unpaired) electrons. The van der Waals surface area contributed by atoms with Gasteiger partial charge in [0.1, 0.15) is 0 Å². The zero-order chi connectivity index (χ0) is 14.4. The number of carbonyl (C=O) groups is 1. The molecule has 0 aromatic rings. The van der Waals surface area contributed by atoms with Crippen LogP contribution in [0.25, 0.3) is 0 Å². The predicted molar refractivity (Wildman–Crippen MR) is 79.7 cm³/mol. The number of rotatable bonds is 6. The second-order valence-corrected chi connectivity index (χ2v) is 6.20. The first-order chi connectivity index (χ1) is 9.66. The van der Waals surface area contributed by atoms with Gasteiger partial charge in [-0.1, -0.05) is 0 Å². The Balaban J connectivity index is 1.61. The van der Waals surface area contributed by atoms with E-state index in [4.69, 9.17) is 4.74 Å². The summed E-state index contributed by atoms with van der Waals surface area (Å²) in [6.45, 7) is 4.61. The van der Waals surface area contributed by atoms with Crippen molar-refractivity contribution in [2.24, 2.45) is 0 Å². The predicted octanol–water partition coefficient (Wildman–Crippen LogP) is 0.698. The van der Waals surface area contributed by atoms with Crippen LogP contribution < -0.4 is 5.32 Å². The third-order valence-corrected chi connectivity index (χ3v) is 4.22. The van der Waals surface area contributed by atoms with Crippen molar-refractivity contribution in [2.75, 3.05) is 46.9 Å². The molecule has 2 fully saturated rings. The van der Waals surface area contributed by atoms with E-state index >= 15 is 0 Å². The highest BCUT2D eigenvalue weighted by Crippen LogP contribution is 2.17. The summed E-state index contributed by atoms with van der Waals surface area (Å²) >= 11 is 0. The highest BCUT2D eigenvalue weighted by molar-refractivity contribution is 5.82. The fourth-order valence-corrected chi connectivity index (χ4v) is 2.99. The van der Waals surface area contributed by atoms with Crippen LogP contribution in [0.4, 0.5) is 0 Å². The van der Waals surface area contributed by atoms with Crippen LogP contribution in [0.2, 0.25) is 0 Å². The second kappa shape index (κ2) is 7.96. The second-order valence-electron chi connectivity index (χ2n) is 6.20. The standard InChI is InChI=1S/C15H29N3O2/c1-17(2)9-4-12-20-13-6-10-18(11-7-13)15(19)14-5-3-8-16-14/h13-14,16H,3-12H2,1-2H3. The van der Waals surface area contributed by atoms with Gasteiger partial charge in [-0.15, -0.1) is 0 Å². The molecule has 2 aliphatic rings. The van der Waals surface area contributed by atoms with Gasteiger partial charge in [0.2, 0.25) is 5.91 Å². The van der Waals surface area contributed by atoms with Crippen molar-refractivity contribution in [3.63, 3.8) is 0 Å². The number of likely N-dealkylation sites (tertiary alicyclic amines) is 1. The maximum Gasteiger partial charge on any atom is 0.239 e. The SMILES string of the molecule is CN(C)CCCOC1CCN(C(=O)C2CCCN2)CC1. The molecule has 2 aliphatic heterocycles. The summed E-state index contributed by atoms with van der Waals surface area (Å²) in [5.41, 5.74) is 0. The molecule has 1 unspecified atom stereocenters. The summed E-state index contributed by atoms with van der Waals surface area (Å²) in [6.07, 6.45) is 5.53. The Morgan fingerprint density at radius 2 is 2.05 bits per heavy atom. The van der Waals surface area contributed by atoms with Crippen LogP contribution in [0.5, 0.6) is 0 Å². The van der Waals surface area contributed by atoms with Crippen LogP contribution >= 0.6 is 0 Å². The molecular formula is C15H29N3O2. The molecule has 2 rings (SSSR count). The van der Waals surface area contributed by atoms with Crippen molar-refractivity contribution in [1.29, 1.82) is 0 Å². The summed E-state index contributed by atoms with van der Waals surface area (Å²) in [4.78, 5) is 16.5. The van der Waals surface area contributed by atoms with Gasteiger partial charge in [0, 0.05) is 19.7 Å². The Morgan fingerprint density at radius 1 is 1.30 bits per heavy atom. The fraction of sp³-hybridized carbons (Fsp3) is 0.933. The molecule has 1 N–H and O–H groups in total. The number of piperidine rings is 1. The van der Waals surface area contributed by atoms with Gasteiger partial charge in [-0.2, -0.15) is 0 Å². The lowest BCUT2D eigenvalue weighted by Gasteiger charge is -2.33. The molecule has 0 aromatic heterocycles. The molecule has 5 nitrogen and oxygen atoms in total. The summed E-state index contributed by atoms with van der Waals surface area (Å²) in [7, 11) is 4.17. The lowest BCUT2D eigenvalue weighted by Crippen LogP contribution is -2.48. The van der Waals surface area contributed by atoms with E-state index < -0.39 is 0 Å². The number of carbonyl (C=O) groups excluding carboxylic acids is 1. The molecule has 0 saturated carbocycles. The Bertz CT molecular complexity index is 295. The van der Waals surface area contributed by atoms with Crippen molar-refractivity contribution in [1.82, 2.24) is 15.1 Å². The van der Waals surface area contributed by atoms with E-state index in [0.717, 1.165) is 64.9 Å². The van der Waals surface area contributed by atoms with Crippen LogP contribution in [-0.2, 0) is 9.53 Å². The minimum Gasteiger partial charge on any atom is -0.378 e. The maximum absolute atomic E-state index is 12.3. The van der Waals surface area contributed by atoms with Gasteiger partial charge in [0.25, 0.3) is 0 Å². The number of amides is 1. The zero-order valence-electron chi connectivity index (χ0n) is 12.9. The first-order valence-corrected chi connectivity index (χ1v) is 7.95. The molecule has 2 saturated heterocycles. The summed E-state index contributed by atoms with van der Waals surface area (Å²) in [5, 5.41) is 3.29. The first kappa shape index (κ1) is 15.7. The van der Waals surface area contributed by atoms with Gasteiger partial charge in [-0.3, -0.25) is 4.79 Å². The number of hydrogen-bond donors (Lipinski definition) is 1. The third kappa shape index (κ3) is 4.72. The first-order valence-electron chi connectivity index (χ1n) is 7.95. The Labute approximate surface area is 122 Å². The Kier molecular flexibility index (Phi) is 6.26. The largest absolute Gasteiger partial charge is 0.378 e. The molecule has 1 atom stereocenters. The van der Waals surface area contributed by atoms with Crippen molar-refractivity contribution >= 4 is 5.91 Å². The lowest BCUT2D eigenvalue weighted by atomic mass is 10.1. The maximum atomic E-state index is 12.3. The average Bonchev–Trinajstić information content (AvgIpc) is 2.97. The Morgan fingerprint density at radius 3 is 2.65 bits per heavy atom. The van der Waals surface area contributed by atoms with Crippen molar-refractivity contribution in [3.8, 4) is 0 Å². The molecular weight excluding hydrogens is 254 g/mol. The van der Waals surface area contributed by atoms with Crippen LogP contribution in [0, 0.1) is 0 Å². The molecule has 0 aliphatic carbocycles. The van der Waals surface area contributed by atoms with E-state index in [0.29, 0.717) is 12.0 Å². The van der Waals surface area contributed by atoms with Gasteiger partial charge < -0.3 is 19.9 Å². The monoisotopic (exact) mass is 283 g/mol. The van der Waals surface area contributed by atoms with E-state index in [9.17, 15) is 4.79 Å². The van der Waals surface area contributed by atoms with Crippen LogP contribution in [0.3, 0.4) is 0 Å². The van der Waals surface area contributed by atoms with Gasteiger partial charge in [-0.05, 0) is 59.3 Å². The highest BCUT2D eigenvalue weighted by Gasteiger charge is 2.29. The smallest absolute Gasteiger partial charge is 0.239 e. The number of nitrogens with zero attached hydrogens (tertiary/aromatic N) is 2. The molecule has 2 heterocycles. The van der Waals surface area contributed by atoms with E-state index in [1.807, 2.05) is 4.90 Å². The number of ether oxygens (including phenoxy) is 1. The minimum absolute atomic E-state index is 0.0764. The number of hydrogen-bond acceptors (Lipinski definition) is 4. The van der Waals surface area contributed by atoms with E-state index in [1.165, 1.54) is 0 Å². The van der Waals surface area contributed by atoms with E-state index in [1.54, 1.807) is 0 Å². The Hall–Kier alpha value is -0.650. The van der Waals surface area contributed by atoms with E-state index in [2.05, 4.69) is 24.3 Å². The fourth-order valence-electron chi connectivity index (χ4n) is 2.99. The van der Waals surface area contributed by atoms with Gasteiger partial charge in [0.05, 0.1) is 12.1 Å². The van der Waals surface area contributed by atoms with E-state index in [-0.39, 0.29) is 6.04 Å². The van der Waals surface area contributed by atoms with Crippen molar-refractivity contribution in [3.05, 3.63) is 0 Å². The molecule has 5 heteroatoms. The highest BCUT2D eigenvalue weighted by atomic mass is 16.5. The summed E-state index contributed by atoms with van der Waals surface area (Å²) in [6, 6.07) is 0.0764. The van der Waals surface area contributed by atoms with Crippen molar-refractivity contribution in [2.45, 2.75) is 44.2 Å². The molecule has 1 amide bonds. The third-order valence-electron chi connectivity index (χ3n) is 4.22. The molecule has 0 spiro atoms. The topological polar surface area (TPSA) is 44.8 Å². The molecule has 0 aromatic carbocycles. The number of nitrogens with one attached hydrogen (secondary N) is 1. The molecule has 0 bridgehead atoms. The quantitative estimate of drug-likeness (QED) is 0.729. The van der Waals surface area contributed by atoms with Crippen molar-refractivity contribution < 1.29 is 9.53 Å².